The molecule has 8 nitrogen and oxygen atoms in total. The van der Waals surface area contributed by atoms with Gasteiger partial charge in [-0.25, -0.2) is 14.0 Å². The van der Waals surface area contributed by atoms with Gasteiger partial charge in [0.1, 0.15) is 17.3 Å². The van der Waals surface area contributed by atoms with Crippen molar-refractivity contribution in [2.45, 2.75) is 38.6 Å². The Labute approximate surface area is 203 Å². The second-order valence-corrected chi connectivity index (χ2v) is 9.65. The van der Waals surface area contributed by atoms with E-state index < -0.39 is 28.6 Å². The van der Waals surface area contributed by atoms with Gasteiger partial charge in [0.15, 0.2) is 0 Å². The van der Waals surface area contributed by atoms with Crippen molar-refractivity contribution in [2.75, 3.05) is 13.1 Å². The van der Waals surface area contributed by atoms with E-state index in [4.69, 9.17) is 4.42 Å². The number of quaternary nitrogens is 1. The summed E-state index contributed by atoms with van der Waals surface area (Å²) in [7, 11) is 0. The molecule has 3 aromatic rings. The SMILES string of the molecule is Cc1c2c(oc(=O)c1=Cc1c([O-])n(-c3ccc(F)cc3)c(=O)[nH]c1=O)=C1CCC[NH+]3CCCC(=C2)C13. The summed E-state index contributed by atoms with van der Waals surface area (Å²) in [4.78, 5) is 41.8. The van der Waals surface area contributed by atoms with Crippen LogP contribution in [0.1, 0.15) is 42.4 Å². The molecule has 0 saturated carbocycles. The number of hydrogen-bond donors (Lipinski definition) is 2. The van der Waals surface area contributed by atoms with Crippen LogP contribution < -0.4 is 37.5 Å². The van der Waals surface area contributed by atoms with Crippen LogP contribution in [0, 0.1) is 12.7 Å². The topological polar surface area (TPSA) is 113 Å². The summed E-state index contributed by atoms with van der Waals surface area (Å²) in [6.45, 7) is 3.99. The lowest BCUT2D eigenvalue weighted by Crippen LogP contribution is -3.17. The van der Waals surface area contributed by atoms with Crippen molar-refractivity contribution in [2.24, 2.45) is 0 Å². The van der Waals surface area contributed by atoms with Crippen molar-refractivity contribution >= 4 is 17.7 Å². The molecule has 1 aliphatic carbocycles. The number of nitrogens with zero attached hydrogens (tertiary/aromatic N) is 1. The Morgan fingerprint density at radius 1 is 1.14 bits per heavy atom. The zero-order valence-corrected chi connectivity index (χ0v) is 19.7. The van der Waals surface area contributed by atoms with Gasteiger partial charge in [-0.3, -0.25) is 14.3 Å². The Bertz CT molecular complexity index is 1740. The van der Waals surface area contributed by atoms with Gasteiger partial charge in [-0.2, -0.15) is 0 Å². The minimum absolute atomic E-state index is 0.0902. The van der Waals surface area contributed by atoms with Crippen molar-refractivity contribution in [3.63, 3.8) is 0 Å². The molecule has 2 unspecified atom stereocenters. The van der Waals surface area contributed by atoms with E-state index in [-0.39, 0.29) is 22.5 Å². The van der Waals surface area contributed by atoms with Crippen LogP contribution in [0.2, 0.25) is 0 Å². The van der Waals surface area contributed by atoms with Crippen LogP contribution in [-0.4, -0.2) is 28.7 Å². The third-order valence-corrected chi connectivity index (χ3v) is 7.60. The highest BCUT2D eigenvalue weighted by Crippen LogP contribution is 2.29. The van der Waals surface area contributed by atoms with Crippen LogP contribution in [0.5, 0.6) is 5.88 Å². The number of halogens is 1. The summed E-state index contributed by atoms with van der Waals surface area (Å²) < 4.78 is 19.9. The van der Waals surface area contributed by atoms with Gasteiger partial charge in [-0.15, -0.1) is 0 Å². The number of aromatic amines is 1. The molecule has 9 heteroatoms. The van der Waals surface area contributed by atoms with Gasteiger partial charge in [0.25, 0.3) is 5.56 Å². The highest BCUT2D eigenvalue weighted by atomic mass is 19.1. The Morgan fingerprint density at radius 2 is 1.86 bits per heavy atom. The first-order chi connectivity index (χ1) is 17.3. The third kappa shape index (κ3) is 3.42. The average molecular weight is 490 g/mol. The van der Waals surface area contributed by atoms with E-state index in [9.17, 15) is 23.9 Å². The number of fused-ring (bicyclic) bond motifs is 1. The van der Waals surface area contributed by atoms with Crippen LogP contribution in [0.3, 0.4) is 0 Å². The molecule has 2 N–H and O–H groups in total. The first kappa shape index (κ1) is 22.5. The molecular weight excluding hydrogens is 465 g/mol. The van der Waals surface area contributed by atoms with Crippen LogP contribution >= 0.6 is 0 Å². The van der Waals surface area contributed by atoms with Crippen molar-refractivity contribution < 1.29 is 18.8 Å². The molecule has 2 aliphatic heterocycles. The summed E-state index contributed by atoms with van der Waals surface area (Å²) in [6.07, 6.45) is 7.29. The normalized spacial score (nSPS) is 21.1. The fourth-order valence-electron chi connectivity index (χ4n) is 5.92. The molecule has 1 aromatic carbocycles. The fourth-order valence-corrected chi connectivity index (χ4v) is 5.92. The Kier molecular flexibility index (Phi) is 5.19. The van der Waals surface area contributed by atoms with Crippen LogP contribution in [0.25, 0.3) is 23.4 Å². The Balaban J connectivity index is 1.60. The lowest BCUT2D eigenvalue weighted by atomic mass is 9.80. The van der Waals surface area contributed by atoms with Gasteiger partial charge in [0, 0.05) is 35.2 Å². The molecule has 0 bridgehead atoms. The third-order valence-electron chi connectivity index (χ3n) is 7.60. The van der Waals surface area contributed by atoms with E-state index in [2.05, 4.69) is 11.1 Å². The number of nitrogens with one attached hydrogen (secondary N) is 2. The van der Waals surface area contributed by atoms with Crippen molar-refractivity contribution in [1.29, 1.82) is 0 Å². The molecule has 36 heavy (non-hydrogen) atoms. The average Bonchev–Trinajstić information content (AvgIpc) is 2.85. The van der Waals surface area contributed by atoms with Gasteiger partial charge in [-0.1, -0.05) is 0 Å². The molecule has 4 heterocycles. The molecule has 2 atom stereocenters. The van der Waals surface area contributed by atoms with Crippen LogP contribution in [-0.2, 0) is 0 Å². The van der Waals surface area contributed by atoms with Gasteiger partial charge in [0.2, 0.25) is 0 Å². The van der Waals surface area contributed by atoms with Gasteiger partial charge < -0.3 is 14.4 Å². The number of H-pyrrole nitrogens is 1. The molecule has 2 fully saturated rings. The van der Waals surface area contributed by atoms with Crippen molar-refractivity contribution in [3.8, 4) is 11.6 Å². The lowest BCUT2D eigenvalue weighted by Gasteiger charge is -2.40. The van der Waals surface area contributed by atoms with E-state index >= 15 is 0 Å². The fraction of sp³-hybridized carbons (Fsp3) is 0.296. The number of hydrogen-bond acceptors (Lipinski definition) is 5. The Hall–Kier alpha value is -3.98. The highest BCUT2D eigenvalue weighted by Gasteiger charge is 2.39. The number of piperidine rings is 2. The first-order valence-electron chi connectivity index (χ1n) is 12.1. The van der Waals surface area contributed by atoms with Gasteiger partial charge in [-0.05, 0) is 73.2 Å². The summed E-state index contributed by atoms with van der Waals surface area (Å²) in [6, 6.07) is 5.00. The number of aromatic nitrogens is 2. The predicted molar refractivity (Wildman–Crippen MR) is 129 cm³/mol. The standard InChI is InChI=1S/C27H24FN3O5/c1-14-19-12-15-4-2-10-30-11-3-5-18(22(15)30)23(19)36-26(34)20(14)13-21-24(32)29-27(35)31(25(21)33)17-8-6-16(28)7-9-17/h6-9,12-13,22,33H,2-5,10-11H2,1H3,(H,29,32,35). The predicted octanol–water partition coefficient (Wildman–Crippen LogP) is -0.782. The second kappa shape index (κ2) is 8.30. The summed E-state index contributed by atoms with van der Waals surface area (Å²) >= 11 is 0. The van der Waals surface area contributed by atoms with E-state index in [1.165, 1.54) is 28.7 Å². The molecule has 0 amide bonds. The highest BCUT2D eigenvalue weighted by molar-refractivity contribution is 5.71. The smallest absolute Gasteiger partial charge is 0.343 e. The van der Waals surface area contributed by atoms with Gasteiger partial charge in [0.05, 0.1) is 18.3 Å². The quantitative estimate of drug-likeness (QED) is 0.491. The van der Waals surface area contributed by atoms with Crippen LogP contribution in [0.15, 0.2) is 48.6 Å². The minimum atomic E-state index is -0.947. The lowest BCUT2D eigenvalue weighted by molar-refractivity contribution is -0.918. The molecule has 0 radical (unpaired) electrons. The zero-order chi connectivity index (χ0) is 25.1. The summed E-state index contributed by atoms with van der Waals surface area (Å²) in [5.74, 6) is -1.44. The largest absolute Gasteiger partial charge is 0.859 e. The summed E-state index contributed by atoms with van der Waals surface area (Å²) in [5, 5.41) is 13.3. The maximum absolute atomic E-state index is 13.4. The minimum Gasteiger partial charge on any atom is -0.859 e. The molecule has 184 valence electrons. The molecule has 0 spiro atoms. The monoisotopic (exact) mass is 489 g/mol. The molecular formula is C27H24FN3O5. The van der Waals surface area contributed by atoms with Gasteiger partial charge >= 0.3 is 11.3 Å². The van der Waals surface area contributed by atoms with Crippen molar-refractivity contribution in [3.05, 3.63) is 94.2 Å². The van der Waals surface area contributed by atoms with Crippen LogP contribution in [0.4, 0.5) is 4.39 Å². The first-order valence-corrected chi connectivity index (χ1v) is 12.1. The summed E-state index contributed by atoms with van der Waals surface area (Å²) in [5.41, 5.74) is 1.73. The maximum Gasteiger partial charge on any atom is 0.343 e. The van der Waals surface area contributed by atoms with Crippen molar-refractivity contribution in [1.82, 2.24) is 9.55 Å². The molecule has 2 saturated heterocycles. The van der Waals surface area contributed by atoms with E-state index in [1.807, 2.05) is 0 Å². The molecule has 6 rings (SSSR count). The van der Waals surface area contributed by atoms with E-state index in [0.29, 0.717) is 11.0 Å². The van der Waals surface area contributed by atoms with E-state index in [1.54, 1.807) is 6.92 Å². The maximum atomic E-state index is 13.4. The number of rotatable bonds is 2. The molecule has 2 aromatic heterocycles. The van der Waals surface area contributed by atoms with E-state index in [0.717, 1.165) is 66.6 Å². The molecule has 3 aliphatic rings. The number of benzene rings is 1. The second-order valence-electron chi connectivity index (χ2n) is 9.65. The zero-order valence-electron chi connectivity index (χ0n) is 19.7. The Morgan fingerprint density at radius 3 is 2.61 bits per heavy atom.